The molecule has 3 heterocycles. The lowest BCUT2D eigenvalue weighted by Gasteiger charge is -2.38. The first kappa shape index (κ1) is 59.6. The van der Waals surface area contributed by atoms with Crippen LogP contribution in [0.3, 0.4) is 0 Å². The second kappa shape index (κ2) is 30.9. The molecule has 6 unspecified atom stereocenters. The number of para-hydroxylation sites is 1. The zero-order valence-corrected chi connectivity index (χ0v) is 47.1. The van der Waals surface area contributed by atoms with Crippen LogP contribution in [0.5, 0.6) is 0 Å². The van der Waals surface area contributed by atoms with Crippen molar-refractivity contribution >= 4 is 10.9 Å². The number of aryl methyl sites for hydroxylation is 3. The first-order valence-corrected chi connectivity index (χ1v) is 28.0. The molecule has 0 radical (unpaired) electrons. The minimum atomic E-state index is -0.216. The quantitative estimate of drug-likeness (QED) is 0.0460. The Morgan fingerprint density at radius 2 is 1.14 bits per heavy atom. The molecule has 2 fully saturated rings. The molecule has 10 nitrogen and oxygen atoms in total. The van der Waals surface area contributed by atoms with E-state index in [1.807, 2.05) is 25.3 Å². The molecule has 2 aliphatic heterocycles. The molecule has 0 bridgehead atoms. The number of rotatable bonds is 15. The Kier molecular flexibility index (Phi) is 23.6. The van der Waals surface area contributed by atoms with Crippen LogP contribution in [0.4, 0.5) is 0 Å². The number of allylic oxidation sites excluding steroid dienone is 1. The van der Waals surface area contributed by atoms with Crippen LogP contribution in [-0.2, 0) is 25.7 Å². The monoisotopic (exact) mass is 1050 g/mol. The van der Waals surface area contributed by atoms with Gasteiger partial charge in [0.25, 0.3) is 0 Å². The first-order chi connectivity index (χ1) is 37.7. The van der Waals surface area contributed by atoms with Crippen LogP contribution in [0.25, 0.3) is 10.9 Å². The molecular formula is C68H90N10. The molecule has 11 N–H and O–H groups in total. The molecule has 0 amide bonds. The molecule has 2 aliphatic rings. The fraction of sp³-hybridized carbons (Fsp3) is 0.324. The third kappa shape index (κ3) is 18.2. The molecule has 5 aromatic carbocycles. The lowest BCUT2D eigenvalue weighted by atomic mass is 9.97. The number of H-pyrrole nitrogens is 1. The van der Waals surface area contributed by atoms with Crippen LogP contribution < -0.4 is 43.4 Å². The number of nitrogens with one attached hydrogen (secondary N) is 7. The van der Waals surface area contributed by atoms with Gasteiger partial charge in [0.2, 0.25) is 0 Å². The smallest absolute Gasteiger partial charge is 0.0906 e. The third-order valence-corrected chi connectivity index (χ3v) is 14.7. The molecule has 6 aromatic rings. The van der Waals surface area contributed by atoms with Gasteiger partial charge in [-0.1, -0.05) is 180 Å². The van der Waals surface area contributed by atoms with Gasteiger partial charge in [0, 0.05) is 76.6 Å². The van der Waals surface area contributed by atoms with E-state index in [2.05, 4.69) is 216 Å². The van der Waals surface area contributed by atoms with Crippen LogP contribution in [0.15, 0.2) is 232 Å². The number of benzene rings is 5. The Morgan fingerprint density at radius 1 is 0.590 bits per heavy atom. The van der Waals surface area contributed by atoms with Crippen LogP contribution in [0.2, 0.25) is 0 Å². The minimum Gasteiger partial charge on any atom is -0.388 e. The number of unbranched alkanes of at least 4 members (excludes halogenated alkanes) is 1. The van der Waals surface area contributed by atoms with Gasteiger partial charge in [0.05, 0.1) is 36.3 Å². The molecule has 2 saturated heterocycles. The Bertz CT molecular complexity index is 2850. The Hall–Kier alpha value is -7.66. The SMILES string of the molecule is C=C(C)NCCN.C=C1NC(CCCCN)C(=C)NC(Cc2ccc(CCc3ccccc3)cc2)C(=C)NC(Cc2ccccc2)C(=C)N2CCCC2C(=C)NC(c2ccccc2)C(=C)NC1C.Cc1c[nH]c2ccccc12. The predicted molar refractivity (Wildman–Crippen MR) is 332 cm³/mol. The van der Waals surface area contributed by atoms with Gasteiger partial charge in [-0.2, -0.15) is 0 Å². The van der Waals surface area contributed by atoms with Crippen LogP contribution in [0, 0.1) is 6.92 Å². The normalized spacial score (nSPS) is 20.1. The van der Waals surface area contributed by atoms with Gasteiger partial charge in [-0.05, 0) is 125 Å². The molecule has 78 heavy (non-hydrogen) atoms. The average molecular weight is 1050 g/mol. The van der Waals surface area contributed by atoms with Gasteiger partial charge in [0.15, 0.2) is 0 Å². The van der Waals surface area contributed by atoms with Crippen molar-refractivity contribution in [1.29, 1.82) is 0 Å². The Labute approximate surface area is 468 Å². The maximum Gasteiger partial charge on any atom is 0.0906 e. The molecule has 10 heteroatoms. The summed E-state index contributed by atoms with van der Waals surface area (Å²) in [6.45, 7) is 40.9. The van der Waals surface area contributed by atoms with E-state index < -0.39 is 0 Å². The number of hydrogen-bond donors (Lipinski definition) is 9. The maximum absolute atomic E-state index is 6.00. The highest BCUT2D eigenvalue weighted by Crippen LogP contribution is 2.31. The van der Waals surface area contributed by atoms with Crippen LogP contribution in [-0.4, -0.2) is 66.3 Å². The summed E-state index contributed by atoms with van der Waals surface area (Å²) in [4.78, 5) is 5.63. The second-order valence-corrected chi connectivity index (χ2v) is 20.9. The second-order valence-electron chi connectivity index (χ2n) is 20.9. The number of hydrogen-bond acceptors (Lipinski definition) is 9. The Morgan fingerprint density at radius 3 is 1.77 bits per heavy atom. The Balaban J connectivity index is 0.000000490. The van der Waals surface area contributed by atoms with Crippen LogP contribution >= 0.6 is 0 Å². The van der Waals surface area contributed by atoms with Gasteiger partial charge < -0.3 is 53.3 Å². The van der Waals surface area contributed by atoms with Gasteiger partial charge in [-0.3, -0.25) is 0 Å². The molecule has 412 valence electrons. The van der Waals surface area contributed by atoms with E-state index in [-0.39, 0.29) is 36.3 Å². The van der Waals surface area contributed by atoms with E-state index in [1.54, 1.807) is 0 Å². The summed E-state index contributed by atoms with van der Waals surface area (Å²) < 4.78 is 0. The lowest BCUT2D eigenvalue weighted by molar-refractivity contribution is 0.306. The summed E-state index contributed by atoms with van der Waals surface area (Å²) in [5.74, 6) is 0. The van der Waals surface area contributed by atoms with E-state index in [9.17, 15) is 0 Å². The molecule has 0 saturated carbocycles. The predicted octanol–water partition coefficient (Wildman–Crippen LogP) is 11.7. The van der Waals surface area contributed by atoms with Gasteiger partial charge in [0.1, 0.15) is 0 Å². The highest BCUT2D eigenvalue weighted by molar-refractivity contribution is 5.82. The summed E-state index contributed by atoms with van der Waals surface area (Å²) in [6.07, 6.45) is 10.2. The molecule has 0 aliphatic carbocycles. The summed E-state index contributed by atoms with van der Waals surface area (Å²) in [5, 5.41) is 23.4. The molecule has 8 rings (SSSR count). The van der Waals surface area contributed by atoms with E-state index >= 15 is 0 Å². The van der Waals surface area contributed by atoms with E-state index in [0.29, 0.717) is 13.1 Å². The molecule has 1 aromatic heterocycles. The third-order valence-electron chi connectivity index (χ3n) is 14.7. The van der Waals surface area contributed by atoms with Crippen molar-refractivity contribution in [2.45, 2.75) is 115 Å². The van der Waals surface area contributed by atoms with Crippen molar-refractivity contribution < 1.29 is 0 Å². The average Bonchev–Trinajstić information content (AvgIpc) is 4.11. The molecule has 0 spiro atoms. The summed E-state index contributed by atoms with van der Waals surface area (Å²) in [6, 6.07) is 48.5. The van der Waals surface area contributed by atoms with Crippen LogP contribution in [0.1, 0.15) is 85.4 Å². The number of nitrogens with two attached hydrogens (primary N) is 2. The largest absolute Gasteiger partial charge is 0.388 e. The van der Waals surface area contributed by atoms with Crippen molar-refractivity contribution in [2.24, 2.45) is 11.5 Å². The first-order valence-electron chi connectivity index (χ1n) is 28.0. The van der Waals surface area contributed by atoms with Gasteiger partial charge in [-0.15, -0.1) is 0 Å². The fourth-order valence-electron chi connectivity index (χ4n) is 10.1. The van der Waals surface area contributed by atoms with Crippen molar-refractivity contribution in [2.75, 3.05) is 26.2 Å². The zero-order valence-electron chi connectivity index (χ0n) is 47.1. The summed E-state index contributed by atoms with van der Waals surface area (Å²) in [5.41, 5.74) is 26.4. The topological polar surface area (TPSA) is 143 Å². The fourth-order valence-corrected chi connectivity index (χ4v) is 10.1. The van der Waals surface area contributed by atoms with Crippen molar-refractivity contribution in [3.63, 3.8) is 0 Å². The lowest BCUT2D eigenvalue weighted by Crippen LogP contribution is -2.49. The standard InChI is InChI=1S/C54H69N7.C9H9N.C5H12N2/c1-38-39(2)57-50(26-17-18-34-55)40(3)58-51(36-48-32-30-46(31-33-48)29-28-45-20-11-8-12-21-45)41(4)59-52(37-47-22-13-9-14-23-47)44(7)61-35-19-27-53(61)42(5)60-54(43(6)56-38)49-24-15-10-16-25-49;1-7-6-10-9-5-3-2-4-8(7)9;1-5(2)7-4-3-6/h8-16,20-25,30-33,38,50-54,56-60H,2-7,17-19,26-29,34-37,55H2,1H3;2-6,10H,1H3;7H,1,3-4,6H2,2H3. The van der Waals surface area contributed by atoms with E-state index in [4.69, 9.17) is 24.6 Å². The van der Waals surface area contributed by atoms with E-state index in [1.165, 1.54) is 38.7 Å². The number of nitrogens with zero attached hydrogens (tertiary/aromatic N) is 1. The number of aromatic nitrogens is 1. The van der Waals surface area contributed by atoms with Crippen molar-refractivity contribution in [1.82, 2.24) is 41.8 Å². The molecule has 6 atom stereocenters. The van der Waals surface area contributed by atoms with E-state index in [0.717, 1.165) is 116 Å². The highest BCUT2D eigenvalue weighted by Gasteiger charge is 2.34. The summed E-state index contributed by atoms with van der Waals surface area (Å²) >= 11 is 0. The summed E-state index contributed by atoms with van der Waals surface area (Å²) in [7, 11) is 0. The minimum absolute atomic E-state index is 0.0520. The zero-order chi connectivity index (χ0) is 55.8. The number of fused-ring (bicyclic) bond motifs is 2. The highest BCUT2D eigenvalue weighted by atomic mass is 15.2. The van der Waals surface area contributed by atoms with Gasteiger partial charge >= 0.3 is 0 Å². The van der Waals surface area contributed by atoms with Crippen molar-refractivity contribution in [3.05, 3.63) is 265 Å². The maximum atomic E-state index is 6.00. The van der Waals surface area contributed by atoms with Crippen molar-refractivity contribution in [3.8, 4) is 0 Å². The van der Waals surface area contributed by atoms with Gasteiger partial charge in [-0.25, -0.2) is 0 Å². The molecular weight excluding hydrogens is 957 g/mol. The number of aromatic amines is 1.